The van der Waals surface area contributed by atoms with Crippen molar-refractivity contribution in [1.29, 1.82) is 0 Å². The topological polar surface area (TPSA) is 76.7 Å². The summed E-state index contributed by atoms with van der Waals surface area (Å²) in [5.74, 6) is 5.55. The van der Waals surface area contributed by atoms with Crippen molar-refractivity contribution in [3.63, 3.8) is 0 Å². The lowest BCUT2D eigenvalue weighted by Gasteiger charge is -2.13. The lowest BCUT2D eigenvalue weighted by atomic mass is 10.1. The zero-order valence-electron chi connectivity index (χ0n) is 8.92. The average molecular weight is 235 g/mol. The van der Waals surface area contributed by atoms with E-state index in [4.69, 9.17) is 5.84 Å². The predicted molar refractivity (Wildman–Crippen MR) is 62.7 cm³/mol. The first-order valence-electron chi connectivity index (χ1n) is 4.96. The number of nitrogens with two attached hydrogens (primary N) is 1. The molecule has 2 aromatic heterocycles. The highest BCUT2D eigenvalue weighted by molar-refractivity contribution is 7.05. The Morgan fingerprint density at radius 2 is 2.38 bits per heavy atom. The van der Waals surface area contributed by atoms with Crippen molar-refractivity contribution in [2.24, 2.45) is 5.84 Å². The van der Waals surface area contributed by atoms with E-state index in [2.05, 4.69) is 20.0 Å². The van der Waals surface area contributed by atoms with Gasteiger partial charge in [0, 0.05) is 18.3 Å². The van der Waals surface area contributed by atoms with Gasteiger partial charge in [0.1, 0.15) is 0 Å². The minimum atomic E-state index is 0.0231. The van der Waals surface area contributed by atoms with Gasteiger partial charge < -0.3 is 0 Å². The van der Waals surface area contributed by atoms with E-state index in [0.29, 0.717) is 0 Å². The first kappa shape index (κ1) is 11.1. The number of hydrazine groups is 1. The third-order valence-electron chi connectivity index (χ3n) is 2.34. The molecule has 0 fully saturated rings. The van der Waals surface area contributed by atoms with E-state index >= 15 is 0 Å². The summed E-state index contributed by atoms with van der Waals surface area (Å²) in [6, 6.07) is 5.87. The summed E-state index contributed by atoms with van der Waals surface area (Å²) in [6.45, 7) is 1.93. The molecule has 0 aliphatic carbocycles. The van der Waals surface area contributed by atoms with Crippen LogP contribution in [0.2, 0.25) is 0 Å². The zero-order valence-corrected chi connectivity index (χ0v) is 9.74. The van der Waals surface area contributed by atoms with Crippen LogP contribution in [0.15, 0.2) is 24.4 Å². The minimum Gasteiger partial charge on any atom is -0.271 e. The van der Waals surface area contributed by atoms with Crippen molar-refractivity contribution in [3.8, 4) is 0 Å². The van der Waals surface area contributed by atoms with E-state index < -0.39 is 0 Å². The molecule has 1 atom stereocenters. The molecule has 0 aliphatic heterocycles. The van der Waals surface area contributed by atoms with Crippen LogP contribution in [0.1, 0.15) is 22.3 Å². The molecule has 6 heteroatoms. The molecule has 1 unspecified atom stereocenters. The fourth-order valence-corrected chi connectivity index (χ4v) is 2.21. The Hall–Kier alpha value is -1.37. The Balaban J connectivity index is 2.16. The van der Waals surface area contributed by atoms with Crippen molar-refractivity contribution >= 4 is 11.5 Å². The normalized spacial score (nSPS) is 12.6. The number of pyridine rings is 1. The van der Waals surface area contributed by atoms with E-state index in [1.165, 1.54) is 11.5 Å². The molecule has 0 saturated carbocycles. The Morgan fingerprint density at radius 1 is 1.50 bits per heavy atom. The second kappa shape index (κ2) is 5.11. The molecule has 2 aromatic rings. The number of aromatic nitrogens is 3. The number of rotatable bonds is 4. The van der Waals surface area contributed by atoms with Gasteiger partial charge in [0.15, 0.2) is 0 Å². The maximum atomic E-state index is 5.55. The first-order valence-corrected chi connectivity index (χ1v) is 5.73. The van der Waals surface area contributed by atoms with Gasteiger partial charge in [-0.2, -0.15) is 0 Å². The van der Waals surface area contributed by atoms with E-state index in [9.17, 15) is 0 Å². The van der Waals surface area contributed by atoms with Crippen molar-refractivity contribution in [2.45, 2.75) is 19.4 Å². The van der Waals surface area contributed by atoms with Crippen LogP contribution in [-0.2, 0) is 6.42 Å². The number of hydrogen-bond acceptors (Lipinski definition) is 6. The molecule has 84 valence electrons. The van der Waals surface area contributed by atoms with Crippen molar-refractivity contribution in [1.82, 2.24) is 20.0 Å². The molecule has 0 aliphatic rings. The highest BCUT2D eigenvalue weighted by Gasteiger charge is 2.16. The Labute approximate surface area is 97.9 Å². The Bertz CT molecular complexity index is 441. The molecule has 2 heterocycles. The van der Waals surface area contributed by atoms with E-state index in [1.807, 2.05) is 25.1 Å². The molecule has 0 aromatic carbocycles. The Morgan fingerprint density at radius 3 is 2.94 bits per heavy atom. The Kier molecular flexibility index (Phi) is 3.55. The van der Waals surface area contributed by atoms with Crippen LogP contribution in [-0.4, -0.2) is 14.6 Å². The third kappa shape index (κ3) is 2.41. The minimum absolute atomic E-state index is 0.0231. The van der Waals surface area contributed by atoms with Crippen LogP contribution in [0.3, 0.4) is 0 Å². The standard InChI is InChI=1S/C10H13N5S/c1-7-10(16-15-14-7)9(13-11)6-8-4-2-3-5-12-8/h2-5,9,13H,6,11H2,1H3. The highest BCUT2D eigenvalue weighted by atomic mass is 32.1. The molecule has 0 amide bonds. The maximum Gasteiger partial charge on any atom is 0.0773 e. The van der Waals surface area contributed by atoms with E-state index in [1.54, 1.807) is 6.20 Å². The summed E-state index contributed by atoms with van der Waals surface area (Å²) in [7, 11) is 0. The van der Waals surface area contributed by atoms with Gasteiger partial charge in [-0.05, 0) is 30.6 Å². The van der Waals surface area contributed by atoms with Gasteiger partial charge in [0.05, 0.1) is 16.6 Å². The van der Waals surface area contributed by atoms with Gasteiger partial charge in [-0.3, -0.25) is 16.3 Å². The van der Waals surface area contributed by atoms with Crippen LogP contribution in [0, 0.1) is 6.92 Å². The van der Waals surface area contributed by atoms with Crippen LogP contribution in [0.5, 0.6) is 0 Å². The summed E-state index contributed by atoms with van der Waals surface area (Å²) < 4.78 is 3.91. The second-order valence-electron chi connectivity index (χ2n) is 3.47. The first-order chi connectivity index (χ1) is 7.81. The van der Waals surface area contributed by atoms with Crippen molar-refractivity contribution in [2.75, 3.05) is 0 Å². The van der Waals surface area contributed by atoms with Gasteiger partial charge in [-0.15, -0.1) is 5.10 Å². The lowest BCUT2D eigenvalue weighted by molar-refractivity contribution is 0.551. The summed E-state index contributed by atoms with van der Waals surface area (Å²) in [4.78, 5) is 5.34. The monoisotopic (exact) mass is 235 g/mol. The lowest BCUT2D eigenvalue weighted by Crippen LogP contribution is -2.29. The largest absolute Gasteiger partial charge is 0.271 e. The van der Waals surface area contributed by atoms with Gasteiger partial charge in [-0.1, -0.05) is 10.6 Å². The second-order valence-corrected chi connectivity index (χ2v) is 4.25. The molecular weight excluding hydrogens is 222 g/mol. The van der Waals surface area contributed by atoms with E-state index in [-0.39, 0.29) is 6.04 Å². The van der Waals surface area contributed by atoms with E-state index in [0.717, 1.165) is 22.7 Å². The number of hydrogen-bond donors (Lipinski definition) is 2. The molecular formula is C10H13N5S. The fraction of sp³-hybridized carbons (Fsp3) is 0.300. The van der Waals surface area contributed by atoms with Crippen LogP contribution in [0.4, 0.5) is 0 Å². The SMILES string of the molecule is Cc1nnsc1C(Cc1ccccn1)NN. The van der Waals surface area contributed by atoms with Crippen LogP contribution < -0.4 is 11.3 Å². The quantitative estimate of drug-likeness (QED) is 0.610. The summed E-state index contributed by atoms with van der Waals surface area (Å²) in [5.41, 5.74) is 4.70. The molecule has 0 spiro atoms. The van der Waals surface area contributed by atoms with Gasteiger partial charge >= 0.3 is 0 Å². The van der Waals surface area contributed by atoms with Crippen LogP contribution in [0.25, 0.3) is 0 Å². The molecule has 0 saturated heterocycles. The van der Waals surface area contributed by atoms with Gasteiger partial charge in [0.2, 0.25) is 0 Å². The summed E-state index contributed by atoms with van der Waals surface area (Å²) in [6.07, 6.45) is 2.52. The van der Waals surface area contributed by atoms with Crippen molar-refractivity contribution in [3.05, 3.63) is 40.7 Å². The predicted octanol–water partition coefficient (Wildman–Crippen LogP) is 0.989. The number of nitrogens with zero attached hydrogens (tertiary/aromatic N) is 3. The molecule has 16 heavy (non-hydrogen) atoms. The maximum absolute atomic E-state index is 5.55. The summed E-state index contributed by atoms with van der Waals surface area (Å²) in [5, 5.41) is 3.98. The average Bonchev–Trinajstić information content (AvgIpc) is 2.74. The molecule has 0 radical (unpaired) electrons. The molecule has 2 rings (SSSR count). The number of nitrogens with one attached hydrogen (secondary N) is 1. The molecule has 5 nitrogen and oxygen atoms in total. The van der Waals surface area contributed by atoms with Crippen LogP contribution >= 0.6 is 11.5 Å². The van der Waals surface area contributed by atoms with Gasteiger partial charge in [0.25, 0.3) is 0 Å². The highest BCUT2D eigenvalue weighted by Crippen LogP contribution is 2.21. The third-order valence-corrected chi connectivity index (χ3v) is 3.28. The fourth-order valence-electron chi connectivity index (χ4n) is 1.51. The molecule has 3 N–H and O–H groups in total. The zero-order chi connectivity index (χ0) is 11.4. The molecule has 0 bridgehead atoms. The number of aryl methyl sites for hydroxylation is 1. The summed E-state index contributed by atoms with van der Waals surface area (Å²) >= 11 is 1.37. The van der Waals surface area contributed by atoms with Gasteiger partial charge in [-0.25, -0.2) is 0 Å². The smallest absolute Gasteiger partial charge is 0.0773 e. The van der Waals surface area contributed by atoms with Crippen molar-refractivity contribution < 1.29 is 0 Å².